The van der Waals surface area contributed by atoms with Gasteiger partial charge in [-0.1, -0.05) is 18.9 Å². The number of aryl methyl sites for hydroxylation is 1. The molecule has 0 spiro atoms. The first-order valence-electron chi connectivity index (χ1n) is 5.28. The lowest BCUT2D eigenvalue weighted by atomic mass is 10.1. The molecule has 1 N–H and O–H groups in total. The van der Waals surface area contributed by atoms with E-state index in [0.717, 1.165) is 11.3 Å². The highest BCUT2D eigenvalue weighted by atomic mass is 19.1. The first-order chi connectivity index (χ1) is 6.75. The topological polar surface area (TPSA) is 12.0 Å². The second kappa shape index (κ2) is 3.99. The van der Waals surface area contributed by atoms with Gasteiger partial charge in [0.25, 0.3) is 0 Å². The lowest BCUT2D eigenvalue weighted by Gasteiger charge is -2.15. The molecular formula is C12H16FN. The summed E-state index contributed by atoms with van der Waals surface area (Å²) in [7, 11) is 0. The van der Waals surface area contributed by atoms with E-state index in [9.17, 15) is 4.39 Å². The van der Waals surface area contributed by atoms with Crippen LogP contribution >= 0.6 is 0 Å². The van der Waals surface area contributed by atoms with Crippen molar-refractivity contribution in [1.29, 1.82) is 0 Å². The maximum atomic E-state index is 13.0. The zero-order valence-electron chi connectivity index (χ0n) is 8.52. The van der Waals surface area contributed by atoms with Gasteiger partial charge in [0.15, 0.2) is 0 Å². The standard InChI is InChI=1S/C12H16FN/c1-9-6-7-10(13)8-12(9)14-11-4-2-3-5-11/h6-8,11,14H,2-5H2,1H3. The molecule has 0 atom stereocenters. The molecule has 2 rings (SSSR count). The van der Waals surface area contributed by atoms with Crippen molar-refractivity contribution in [2.24, 2.45) is 0 Å². The Bertz CT molecular complexity index is 316. The lowest BCUT2D eigenvalue weighted by molar-refractivity contribution is 0.627. The fraction of sp³-hybridized carbons (Fsp3) is 0.500. The Labute approximate surface area is 84.3 Å². The second-order valence-electron chi connectivity index (χ2n) is 4.08. The van der Waals surface area contributed by atoms with Gasteiger partial charge in [-0.15, -0.1) is 0 Å². The fourth-order valence-corrected chi connectivity index (χ4v) is 2.04. The van der Waals surface area contributed by atoms with Gasteiger partial charge in [-0.2, -0.15) is 0 Å². The van der Waals surface area contributed by atoms with Gasteiger partial charge in [0.2, 0.25) is 0 Å². The molecule has 0 aliphatic heterocycles. The van der Waals surface area contributed by atoms with Gasteiger partial charge in [-0.3, -0.25) is 0 Å². The summed E-state index contributed by atoms with van der Waals surface area (Å²) >= 11 is 0. The summed E-state index contributed by atoms with van der Waals surface area (Å²) in [5.74, 6) is -0.156. The molecule has 0 amide bonds. The van der Waals surface area contributed by atoms with Crippen LogP contribution in [0.5, 0.6) is 0 Å². The van der Waals surface area contributed by atoms with Crippen molar-refractivity contribution in [1.82, 2.24) is 0 Å². The zero-order valence-corrected chi connectivity index (χ0v) is 8.52. The Morgan fingerprint density at radius 1 is 1.29 bits per heavy atom. The van der Waals surface area contributed by atoms with Crippen molar-refractivity contribution in [3.05, 3.63) is 29.6 Å². The average Bonchev–Trinajstić information content (AvgIpc) is 2.64. The zero-order chi connectivity index (χ0) is 9.97. The number of anilines is 1. The first-order valence-corrected chi connectivity index (χ1v) is 5.28. The molecule has 0 radical (unpaired) electrons. The summed E-state index contributed by atoms with van der Waals surface area (Å²) in [5.41, 5.74) is 2.08. The molecule has 14 heavy (non-hydrogen) atoms. The molecule has 1 aliphatic carbocycles. The summed E-state index contributed by atoms with van der Waals surface area (Å²) in [4.78, 5) is 0. The third kappa shape index (κ3) is 2.06. The van der Waals surface area contributed by atoms with Crippen LogP contribution in [-0.2, 0) is 0 Å². The monoisotopic (exact) mass is 193 g/mol. The summed E-state index contributed by atoms with van der Waals surface area (Å²) in [5, 5.41) is 3.41. The maximum Gasteiger partial charge on any atom is 0.125 e. The van der Waals surface area contributed by atoms with Crippen LogP contribution in [0.25, 0.3) is 0 Å². The normalized spacial score (nSPS) is 17.3. The fourth-order valence-electron chi connectivity index (χ4n) is 2.04. The van der Waals surface area contributed by atoms with Gasteiger partial charge in [-0.05, 0) is 37.5 Å². The summed E-state index contributed by atoms with van der Waals surface area (Å²) in [6, 6.07) is 5.48. The van der Waals surface area contributed by atoms with Crippen LogP contribution in [-0.4, -0.2) is 6.04 Å². The SMILES string of the molecule is Cc1ccc(F)cc1NC1CCCC1. The lowest BCUT2D eigenvalue weighted by Crippen LogP contribution is -2.15. The van der Waals surface area contributed by atoms with E-state index in [1.54, 1.807) is 6.07 Å². The van der Waals surface area contributed by atoms with E-state index in [4.69, 9.17) is 0 Å². The third-order valence-corrected chi connectivity index (χ3v) is 2.91. The van der Waals surface area contributed by atoms with Crippen molar-refractivity contribution in [3.63, 3.8) is 0 Å². The highest BCUT2D eigenvalue weighted by molar-refractivity contribution is 5.51. The average molecular weight is 193 g/mol. The molecular weight excluding hydrogens is 177 g/mol. The first kappa shape index (κ1) is 9.50. The molecule has 2 heteroatoms. The van der Waals surface area contributed by atoms with Gasteiger partial charge in [0.1, 0.15) is 5.82 Å². The molecule has 1 saturated carbocycles. The van der Waals surface area contributed by atoms with E-state index in [1.807, 2.05) is 13.0 Å². The molecule has 76 valence electrons. The van der Waals surface area contributed by atoms with Crippen molar-refractivity contribution in [3.8, 4) is 0 Å². The Morgan fingerprint density at radius 2 is 2.00 bits per heavy atom. The van der Waals surface area contributed by atoms with Gasteiger partial charge in [-0.25, -0.2) is 4.39 Å². The molecule has 1 aromatic rings. The van der Waals surface area contributed by atoms with Crippen molar-refractivity contribution >= 4 is 5.69 Å². The number of nitrogens with one attached hydrogen (secondary N) is 1. The number of halogens is 1. The van der Waals surface area contributed by atoms with Crippen LogP contribution in [0.15, 0.2) is 18.2 Å². The summed E-state index contributed by atoms with van der Waals surface area (Å²) in [6.45, 7) is 2.01. The molecule has 1 aliphatic rings. The molecule has 0 bridgehead atoms. The van der Waals surface area contributed by atoms with Crippen molar-refractivity contribution in [2.75, 3.05) is 5.32 Å². The second-order valence-corrected chi connectivity index (χ2v) is 4.08. The highest BCUT2D eigenvalue weighted by Gasteiger charge is 2.15. The minimum atomic E-state index is -0.156. The number of hydrogen-bond donors (Lipinski definition) is 1. The number of rotatable bonds is 2. The van der Waals surface area contributed by atoms with Gasteiger partial charge < -0.3 is 5.32 Å². The van der Waals surface area contributed by atoms with E-state index in [2.05, 4.69) is 5.32 Å². The van der Waals surface area contributed by atoms with E-state index < -0.39 is 0 Å². The molecule has 1 nitrogen and oxygen atoms in total. The van der Waals surface area contributed by atoms with Gasteiger partial charge in [0.05, 0.1) is 0 Å². The predicted molar refractivity (Wildman–Crippen MR) is 57.0 cm³/mol. The molecule has 1 aromatic carbocycles. The Balaban J connectivity index is 2.10. The Kier molecular flexibility index (Phi) is 2.71. The van der Waals surface area contributed by atoms with Crippen LogP contribution < -0.4 is 5.32 Å². The van der Waals surface area contributed by atoms with Crippen molar-refractivity contribution in [2.45, 2.75) is 38.6 Å². The van der Waals surface area contributed by atoms with E-state index >= 15 is 0 Å². The molecule has 1 fully saturated rings. The summed E-state index contributed by atoms with van der Waals surface area (Å²) < 4.78 is 13.0. The smallest absolute Gasteiger partial charge is 0.125 e. The Hall–Kier alpha value is -1.05. The van der Waals surface area contributed by atoms with Crippen LogP contribution in [0, 0.1) is 12.7 Å². The largest absolute Gasteiger partial charge is 0.382 e. The number of benzene rings is 1. The minimum absolute atomic E-state index is 0.156. The molecule has 0 heterocycles. The van der Waals surface area contributed by atoms with E-state index in [-0.39, 0.29) is 5.82 Å². The van der Waals surface area contributed by atoms with Gasteiger partial charge in [0, 0.05) is 11.7 Å². The van der Waals surface area contributed by atoms with Crippen LogP contribution in [0.2, 0.25) is 0 Å². The van der Waals surface area contributed by atoms with Crippen molar-refractivity contribution < 1.29 is 4.39 Å². The van der Waals surface area contributed by atoms with E-state index in [0.29, 0.717) is 6.04 Å². The third-order valence-electron chi connectivity index (χ3n) is 2.91. The Morgan fingerprint density at radius 3 is 2.71 bits per heavy atom. The molecule has 0 aromatic heterocycles. The van der Waals surface area contributed by atoms with E-state index in [1.165, 1.54) is 31.7 Å². The number of hydrogen-bond acceptors (Lipinski definition) is 1. The predicted octanol–water partition coefficient (Wildman–Crippen LogP) is 3.49. The molecule has 0 saturated heterocycles. The van der Waals surface area contributed by atoms with Crippen LogP contribution in [0.3, 0.4) is 0 Å². The highest BCUT2D eigenvalue weighted by Crippen LogP contribution is 2.24. The van der Waals surface area contributed by atoms with Gasteiger partial charge >= 0.3 is 0 Å². The quantitative estimate of drug-likeness (QED) is 0.758. The van der Waals surface area contributed by atoms with Crippen LogP contribution in [0.1, 0.15) is 31.2 Å². The summed E-state index contributed by atoms with van der Waals surface area (Å²) in [6.07, 6.45) is 5.03. The minimum Gasteiger partial charge on any atom is -0.382 e. The maximum absolute atomic E-state index is 13.0. The molecule has 0 unspecified atom stereocenters. The van der Waals surface area contributed by atoms with Crippen LogP contribution in [0.4, 0.5) is 10.1 Å².